The molecule has 4 nitrogen and oxygen atoms in total. The van der Waals surface area contributed by atoms with E-state index in [4.69, 9.17) is 4.74 Å². The molecule has 1 aromatic carbocycles. The maximum atomic E-state index is 11.9. The molecule has 0 atom stereocenters. The minimum absolute atomic E-state index is 0.0474. The van der Waals surface area contributed by atoms with Gasteiger partial charge in [0.25, 0.3) is 0 Å². The van der Waals surface area contributed by atoms with Crippen molar-refractivity contribution in [2.75, 3.05) is 7.11 Å². The first-order valence-electron chi connectivity index (χ1n) is 7.18. The predicted octanol–water partition coefficient (Wildman–Crippen LogP) is 3.03. The lowest BCUT2D eigenvalue weighted by molar-refractivity contribution is -0.125. The highest BCUT2D eigenvalue weighted by Gasteiger charge is 2.20. The molecule has 1 amide bonds. The lowest BCUT2D eigenvalue weighted by Crippen LogP contribution is -2.28. The van der Waals surface area contributed by atoms with Gasteiger partial charge in [0.1, 0.15) is 5.75 Å². The number of hydrazone groups is 1. The van der Waals surface area contributed by atoms with Crippen LogP contribution in [0, 0.1) is 12.8 Å². The number of nitrogens with zero attached hydrogens (tertiary/aromatic N) is 1. The average Bonchev–Trinajstić information content (AvgIpc) is 2.48. The molecule has 0 radical (unpaired) electrons. The molecule has 1 saturated carbocycles. The number of rotatable bonds is 4. The molecule has 0 spiro atoms. The fourth-order valence-corrected chi connectivity index (χ4v) is 2.61. The van der Waals surface area contributed by atoms with Crippen LogP contribution >= 0.6 is 0 Å². The first-order valence-corrected chi connectivity index (χ1v) is 7.18. The predicted molar refractivity (Wildman–Crippen MR) is 80.0 cm³/mol. The standard InChI is InChI=1S/C16H22N2O2/c1-12-10-13(8-9-15(12)20-2)11-17-18-16(19)14-6-4-3-5-7-14/h8-11,14H,3-7H2,1-2H3,(H,18,19)/b17-11+. The molecule has 1 fully saturated rings. The first kappa shape index (κ1) is 14.6. The molecule has 4 heteroatoms. The van der Waals surface area contributed by atoms with Crippen molar-refractivity contribution in [3.63, 3.8) is 0 Å². The van der Waals surface area contributed by atoms with Crippen LogP contribution < -0.4 is 10.2 Å². The van der Waals surface area contributed by atoms with Gasteiger partial charge in [-0.1, -0.05) is 19.3 Å². The Morgan fingerprint density at radius 2 is 2.10 bits per heavy atom. The Kier molecular flexibility index (Phi) is 5.16. The summed E-state index contributed by atoms with van der Waals surface area (Å²) in [4.78, 5) is 11.9. The number of methoxy groups -OCH3 is 1. The van der Waals surface area contributed by atoms with E-state index in [0.29, 0.717) is 0 Å². The summed E-state index contributed by atoms with van der Waals surface area (Å²) in [5.74, 6) is 1.04. The minimum atomic E-state index is 0.0474. The van der Waals surface area contributed by atoms with Crippen LogP contribution in [0.15, 0.2) is 23.3 Å². The average molecular weight is 274 g/mol. The van der Waals surface area contributed by atoms with Crippen molar-refractivity contribution in [3.05, 3.63) is 29.3 Å². The minimum Gasteiger partial charge on any atom is -0.496 e. The summed E-state index contributed by atoms with van der Waals surface area (Å²) in [6, 6.07) is 5.80. The largest absolute Gasteiger partial charge is 0.496 e. The van der Waals surface area contributed by atoms with Gasteiger partial charge < -0.3 is 4.74 Å². The summed E-state index contributed by atoms with van der Waals surface area (Å²) in [5.41, 5.74) is 4.65. The van der Waals surface area contributed by atoms with Gasteiger partial charge in [0, 0.05) is 5.92 Å². The summed E-state index contributed by atoms with van der Waals surface area (Å²) in [5, 5.41) is 4.05. The third-order valence-corrected chi connectivity index (χ3v) is 3.78. The van der Waals surface area contributed by atoms with Crippen molar-refractivity contribution in [2.45, 2.75) is 39.0 Å². The van der Waals surface area contributed by atoms with Crippen LogP contribution in [0.25, 0.3) is 0 Å². The highest BCUT2D eigenvalue weighted by atomic mass is 16.5. The second kappa shape index (κ2) is 7.08. The van der Waals surface area contributed by atoms with Crippen LogP contribution in [-0.2, 0) is 4.79 Å². The number of ether oxygens (including phenoxy) is 1. The van der Waals surface area contributed by atoms with Gasteiger partial charge in [0.05, 0.1) is 13.3 Å². The normalized spacial score (nSPS) is 16.3. The lowest BCUT2D eigenvalue weighted by Gasteiger charge is -2.19. The number of amides is 1. The number of hydrogen-bond donors (Lipinski definition) is 1. The second-order valence-corrected chi connectivity index (χ2v) is 5.30. The van der Waals surface area contributed by atoms with Crippen LogP contribution in [0.5, 0.6) is 5.75 Å². The quantitative estimate of drug-likeness (QED) is 0.677. The summed E-state index contributed by atoms with van der Waals surface area (Å²) in [6.45, 7) is 1.98. The van der Waals surface area contributed by atoms with E-state index >= 15 is 0 Å². The molecule has 0 heterocycles. The number of hydrogen-bond acceptors (Lipinski definition) is 3. The van der Waals surface area contributed by atoms with Crippen molar-refractivity contribution in [1.29, 1.82) is 0 Å². The van der Waals surface area contributed by atoms with Crippen molar-refractivity contribution in [1.82, 2.24) is 5.43 Å². The molecule has 1 N–H and O–H groups in total. The van der Waals surface area contributed by atoms with Crippen molar-refractivity contribution in [3.8, 4) is 5.75 Å². The topological polar surface area (TPSA) is 50.7 Å². The number of carbonyl (C=O) groups excluding carboxylic acids is 1. The number of carbonyl (C=O) groups is 1. The van der Waals surface area contributed by atoms with Crippen LogP contribution in [0.2, 0.25) is 0 Å². The molecule has 0 saturated heterocycles. The smallest absolute Gasteiger partial charge is 0.243 e. The van der Waals surface area contributed by atoms with Gasteiger partial charge in [0.2, 0.25) is 5.91 Å². The van der Waals surface area contributed by atoms with Gasteiger partial charge in [-0.3, -0.25) is 4.79 Å². The SMILES string of the molecule is COc1ccc(/C=N/NC(=O)C2CCCCC2)cc1C. The maximum absolute atomic E-state index is 11.9. The zero-order chi connectivity index (χ0) is 14.4. The van der Waals surface area contributed by atoms with Crippen LogP contribution in [0.3, 0.4) is 0 Å². The second-order valence-electron chi connectivity index (χ2n) is 5.30. The Bertz CT molecular complexity index is 491. The van der Waals surface area contributed by atoms with Crippen molar-refractivity contribution >= 4 is 12.1 Å². The Balaban J connectivity index is 1.89. The molecule has 2 rings (SSSR count). The van der Waals surface area contributed by atoms with Gasteiger partial charge in [-0.15, -0.1) is 0 Å². The molecule has 0 unspecified atom stereocenters. The van der Waals surface area contributed by atoms with Crippen LogP contribution in [0.4, 0.5) is 0 Å². The molecular formula is C16H22N2O2. The third kappa shape index (κ3) is 3.83. The van der Waals surface area contributed by atoms with E-state index in [-0.39, 0.29) is 11.8 Å². The van der Waals surface area contributed by atoms with E-state index in [0.717, 1.165) is 42.6 Å². The summed E-state index contributed by atoms with van der Waals surface area (Å²) < 4.78 is 5.21. The summed E-state index contributed by atoms with van der Waals surface area (Å²) >= 11 is 0. The Morgan fingerprint density at radius 3 is 2.75 bits per heavy atom. The zero-order valence-corrected chi connectivity index (χ0v) is 12.2. The molecule has 0 bridgehead atoms. The van der Waals surface area contributed by atoms with Gasteiger partial charge in [-0.25, -0.2) is 5.43 Å². The van der Waals surface area contributed by atoms with E-state index < -0.39 is 0 Å². The van der Waals surface area contributed by atoms with E-state index in [1.165, 1.54) is 6.42 Å². The van der Waals surface area contributed by atoms with E-state index in [1.54, 1.807) is 13.3 Å². The number of aryl methyl sites for hydroxylation is 1. The van der Waals surface area contributed by atoms with E-state index in [1.807, 2.05) is 25.1 Å². The highest BCUT2D eigenvalue weighted by molar-refractivity contribution is 5.83. The van der Waals surface area contributed by atoms with E-state index in [2.05, 4.69) is 10.5 Å². The highest BCUT2D eigenvalue weighted by Crippen LogP contribution is 2.23. The van der Waals surface area contributed by atoms with Gasteiger partial charge in [-0.2, -0.15) is 5.10 Å². The first-order chi connectivity index (χ1) is 9.70. The third-order valence-electron chi connectivity index (χ3n) is 3.78. The Hall–Kier alpha value is -1.84. The molecular weight excluding hydrogens is 252 g/mol. The molecule has 1 aliphatic rings. The Labute approximate surface area is 120 Å². The zero-order valence-electron chi connectivity index (χ0n) is 12.2. The Morgan fingerprint density at radius 1 is 1.35 bits per heavy atom. The monoisotopic (exact) mass is 274 g/mol. The maximum Gasteiger partial charge on any atom is 0.243 e. The van der Waals surface area contributed by atoms with E-state index in [9.17, 15) is 4.79 Å². The molecule has 108 valence electrons. The van der Waals surface area contributed by atoms with Gasteiger partial charge in [-0.05, 0) is 49.1 Å². The molecule has 20 heavy (non-hydrogen) atoms. The molecule has 1 aromatic rings. The number of nitrogens with one attached hydrogen (secondary N) is 1. The molecule has 0 aliphatic heterocycles. The van der Waals surface area contributed by atoms with Crippen molar-refractivity contribution < 1.29 is 9.53 Å². The fourth-order valence-electron chi connectivity index (χ4n) is 2.61. The van der Waals surface area contributed by atoms with Crippen molar-refractivity contribution in [2.24, 2.45) is 11.0 Å². The summed E-state index contributed by atoms with van der Waals surface area (Å²) in [6.07, 6.45) is 7.20. The molecule has 0 aromatic heterocycles. The van der Waals surface area contributed by atoms with Crippen LogP contribution in [-0.4, -0.2) is 19.2 Å². The van der Waals surface area contributed by atoms with Gasteiger partial charge in [0.15, 0.2) is 0 Å². The lowest BCUT2D eigenvalue weighted by atomic mass is 9.89. The summed E-state index contributed by atoms with van der Waals surface area (Å²) in [7, 11) is 1.65. The fraction of sp³-hybridized carbons (Fsp3) is 0.500. The number of benzene rings is 1. The molecule has 1 aliphatic carbocycles. The van der Waals surface area contributed by atoms with Gasteiger partial charge >= 0.3 is 0 Å². The van der Waals surface area contributed by atoms with Crippen LogP contribution in [0.1, 0.15) is 43.2 Å².